The Labute approximate surface area is 98.2 Å². The third kappa shape index (κ3) is 3.31. The molecule has 0 unspecified atom stereocenters. The van der Waals surface area contributed by atoms with E-state index in [0.29, 0.717) is 5.56 Å². The molecular formula is C12H11NO4. The van der Waals surface area contributed by atoms with Gasteiger partial charge in [0.1, 0.15) is 12.0 Å². The highest BCUT2D eigenvalue weighted by Gasteiger charge is 2.14. The molecule has 0 spiro atoms. The molecule has 0 aliphatic heterocycles. The van der Waals surface area contributed by atoms with Crippen LogP contribution in [0.5, 0.6) is 0 Å². The first-order valence-electron chi connectivity index (χ1n) is 4.88. The zero-order chi connectivity index (χ0) is 13.0. The van der Waals surface area contributed by atoms with Gasteiger partial charge in [0, 0.05) is 6.07 Å². The monoisotopic (exact) mass is 233 g/mol. The van der Waals surface area contributed by atoms with Crippen molar-refractivity contribution in [3.8, 4) is 11.8 Å². The average molecular weight is 233 g/mol. The molecule has 0 amide bonds. The molecule has 0 saturated carbocycles. The first kappa shape index (κ1) is 12.7. The van der Waals surface area contributed by atoms with Crippen molar-refractivity contribution in [2.24, 2.45) is 0 Å². The van der Waals surface area contributed by atoms with Crippen molar-refractivity contribution in [2.75, 3.05) is 0 Å². The summed E-state index contributed by atoms with van der Waals surface area (Å²) in [6.07, 6.45) is -0.329. The van der Waals surface area contributed by atoms with E-state index in [1.165, 1.54) is 6.07 Å². The Kier molecular flexibility index (Phi) is 3.83. The Hall–Kier alpha value is -2.35. The second kappa shape index (κ2) is 5.12. The quantitative estimate of drug-likeness (QED) is 0.481. The van der Waals surface area contributed by atoms with Crippen LogP contribution in [-0.2, 0) is 4.79 Å². The van der Waals surface area contributed by atoms with Gasteiger partial charge in [-0.25, -0.2) is 0 Å². The maximum absolute atomic E-state index is 10.8. The first-order valence-corrected chi connectivity index (χ1v) is 4.88. The zero-order valence-electron chi connectivity index (χ0n) is 9.48. The highest BCUT2D eigenvalue weighted by Crippen LogP contribution is 2.23. The number of benzene rings is 1. The molecule has 1 N–H and O–H groups in total. The summed E-state index contributed by atoms with van der Waals surface area (Å²) in [5, 5.41) is 19.3. The zero-order valence-corrected chi connectivity index (χ0v) is 9.48. The van der Waals surface area contributed by atoms with Gasteiger partial charge in [0.05, 0.1) is 4.92 Å². The fraction of sp³-hybridized carbons (Fsp3) is 0.250. The predicted octanol–water partition coefficient (Wildman–Crippen LogP) is 2.04. The molecule has 0 aromatic heterocycles. The van der Waals surface area contributed by atoms with Gasteiger partial charge in [-0.15, -0.1) is 0 Å². The normalized spacial score (nSPS) is 9.29. The standard InChI is InChI=1S/C12H11NO4/c1-8-6-9(2)10(4-3-5-12(14)15)11(7-8)13(16)17/h6-7H,5H2,1-2H3,(H,14,15). The molecule has 0 heterocycles. The van der Waals surface area contributed by atoms with Gasteiger partial charge >= 0.3 is 5.97 Å². The fourth-order valence-corrected chi connectivity index (χ4v) is 1.46. The highest BCUT2D eigenvalue weighted by molar-refractivity contribution is 5.70. The van der Waals surface area contributed by atoms with Crippen LogP contribution in [0.25, 0.3) is 0 Å². The van der Waals surface area contributed by atoms with Crippen LogP contribution in [0, 0.1) is 35.8 Å². The number of hydrogen-bond acceptors (Lipinski definition) is 3. The second-order valence-corrected chi connectivity index (χ2v) is 3.61. The van der Waals surface area contributed by atoms with Crippen molar-refractivity contribution in [1.29, 1.82) is 0 Å². The number of nitrogens with zero attached hydrogens (tertiary/aromatic N) is 1. The average Bonchev–Trinajstić information content (AvgIpc) is 2.19. The molecular weight excluding hydrogens is 222 g/mol. The van der Waals surface area contributed by atoms with Crippen molar-refractivity contribution in [3.63, 3.8) is 0 Å². The number of hydrogen-bond donors (Lipinski definition) is 1. The van der Waals surface area contributed by atoms with Crippen LogP contribution in [0.1, 0.15) is 23.1 Å². The van der Waals surface area contributed by atoms with Gasteiger partial charge in [-0.1, -0.05) is 17.9 Å². The minimum Gasteiger partial charge on any atom is -0.481 e. The topological polar surface area (TPSA) is 80.4 Å². The van der Waals surface area contributed by atoms with Crippen molar-refractivity contribution in [1.82, 2.24) is 0 Å². The number of carbonyl (C=O) groups is 1. The first-order chi connectivity index (χ1) is 7.91. The summed E-state index contributed by atoms with van der Waals surface area (Å²) < 4.78 is 0. The molecule has 1 aromatic rings. The van der Waals surface area contributed by atoms with Gasteiger partial charge in [0.2, 0.25) is 0 Å². The van der Waals surface area contributed by atoms with E-state index in [1.807, 2.05) is 0 Å². The third-order valence-corrected chi connectivity index (χ3v) is 2.11. The van der Waals surface area contributed by atoms with Crippen LogP contribution in [0.3, 0.4) is 0 Å². The Morgan fingerprint density at radius 2 is 2.12 bits per heavy atom. The molecule has 0 fully saturated rings. The van der Waals surface area contributed by atoms with Crippen LogP contribution < -0.4 is 0 Å². The molecule has 0 saturated heterocycles. The number of aliphatic carboxylic acids is 1. The van der Waals surface area contributed by atoms with E-state index in [0.717, 1.165) is 5.56 Å². The molecule has 1 rings (SSSR count). The maximum atomic E-state index is 10.8. The summed E-state index contributed by atoms with van der Waals surface area (Å²) in [6.45, 7) is 3.47. The number of aryl methyl sites for hydroxylation is 2. The minimum atomic E-state index is -1.05. The van der Waals surface area contributed by atoms with Crippen LogP contribution in [0.2, 0.25) is 0 Å². The molecule has 17 heavy (non-hydrogen) atoms. The van der Waals surface area contributed by atoms with Crippen LogP contribution in [-0.4, -0.2) is 16.0 Å². The smallest absolute Gasteiger partial charge is 0.315 e. The van der Waals surface area contributed by atoms with Gasteiger partial charge in [0.15, 0.2) is 0 Å². The van der Waals surface area contributed by atoms with E-state index in [1.54, 1.807) is 19.9 Å². The SMILES string of the molecule is Cc1cc(C)c(C#CCC(=O)O)c([N+](=O)[O-])c1. The Morgan fingerprint density at radius 3 is 2.65 bits per heavy atom. The predicted molar refractivity (Wildman–Crippen MR) is 61.7 cm³/mol. The molecule has 0 atom stereocenters. The summed E-state index contributed by atoms with van der Waals surface area (Å²) >= 11 is 0. The van der Waals surface area contributed by atoms with Gasteiger partial charge in [-0.2, -0.15) is 0 Å². The summed E-state index contributed by atoms with van der Waals surface area (Å²) in [6, 6.07) is 3.20. The summed E-state index contributed by atoms with van der Waals surface area (Å²) in [4.78, 5) is 20.6. The number of nitro benzene ring substituents is 1. The second-order valence-electron chi connectivity index (χ2n) is 3.61. The molecule has 5 heteroatoms. The van der Waals surface area contributed by atoms with E-state index in [9.17, 15) is 14.9 Å². The van der Waals surface area contributed by atoms with Crippen molar-refractivity contribution < 1.29 is 14.8 Å². The summed E-state index contributed by atoms with van der Waals surface area (Å²) in [7, 11) is 0. The summed E-state index contributed by atoms with van der Waals surface area (Å²) in [5.74, 6) is 3.90. The molecule has 88 valence electrons. The van der Waals surface area contributed by atoms with Crippen LogP contribution >= 0.6 is 0 Å². The molecule has 0 aliphatic rings. The van der Waals surface area contributed by atoms with E-state index >= 15 is 0 Å². The maximum Gasteiger partial charge on any atom is 0.315 e. The van der Waals surface area contributed by atoms with Gasteiger partial charge in [-0.05, 0) is 25.0 Å². The fourth-order valence-electron chi connectivity index (χ4n) is 1.46. The Bertz CT molecular complexity index is 537. The lowest BCUT2D eigenvalue weighted by Gasteiger charge is -2.02. The van der Waals surface area contributed by atoms with Gasteiger partial charge < -0.3 is 5.11 Å². The van der Waals surface area contributed by atoms with E-state index in [4.69, 9.17) is 5.11 Å². The number of rotatable bonds is 2. The van der Waals surface area contributed by atoms with Crippen LogP contribution in [0.15, 0.2) is 12.1 Å². The van der Waals surface area contributed by atoms with Crippen molar-refractivity contribution in [2.45, 2.75) is 20.3 Å². The minimum absolute atomic E-state index is 0.0830. The molecule has 5 nitrogen and oxygen atoms in total. The Balaban J connectivity index is 3.24. The molecule has 0 aliphatic carbocycles. The van der Waals surface area contributed by atoms with Crippen molar-refractivity contribution in [3.05, 3.63) is 38.9 Å². The van der Waals surface area contributed by atoms with Crippen molar-refractivity contribution >= 4 is 11.7 Å². The van der Waals surface area contributed by atoms with E-state index in [-0.39, 0.29) is 17.7 Å². The lowest BCUT2D eigenvalue weighted by molar-refractivity contribution is -0.385. The number of carboxylic acid groups (broad SMARTS) is 1. The lowest BCUT2D eigenvalue weighted by Crippen LogP contribution is -1.96. The highest BCUT2D eigenvalue weighted by atomic mass is 16.6. The molecule has 0 bridgehead atoms. The Morgan fingerprint density at radius 1 is 1.47 bits per heavy atom. The van der Waals surface area contributed by atoms with Crippen LogP contribution in [0.4, 0.5) is 5.69 Å². The van der Waals surface area contributed by atoms with E-state index < -0.39 is 10.9 Å². The van der Waals surface area contributed by atoms with Gasteiger partial charge in [0.25, 0.3) is 5.69 Å². The van der Waals surface area contributed by atoms with Gasteiger partial charge in [-0.3, -0.25) is 14.9 Å². The largest absolute Gasteiger partial charge is 0.481 e. The third-order valence-electron chi connectivity index (χ3n) is 2.11. The lowest BCUT2D eigenvalue weighted by atomic mass is 10.0. The molecule has 1 aromatic carbocycles. The molecule has 0 radical (unpaired) electrons. The van der Waals surface area contributed by atoms with E-state index in [2.05, 4.69) is 11.8 Å². The summed E-state index contributed by atoms with van der Waals surface area (Å²) in [5.41, 5.74) is 1.65. The number of carboxylic acids is 1. The number of nitro groups is 1.